The number of methoxy groups -OCH3 is 2. The minimum Gasteiger partial charge on any atom is -0.356 e. The third-order valence-corrected chi connectivity index (χ3v) is 1.60. The molecule has 0 aliphatic rings. The second-order valence-corrected chi connectivity index (χ2v) is 2.98. The summed E-state index contributed by atoms with van der Waals surface area (Å²) in [7, 11) is 3.31. The average Bonchev–Trinajstić information content (AvgIpc) is 1.88. The minimum absolute atomic E-state index is 0.105. The Morgan fingerprint density at radius 2 is 1.82 bits per heavy atom. The quantitative estimate of drug-likeness (QED) is 0.451. The Morgan fingerprint density at radius 3 is 2.09 bits per heavy atom. The first-order valence-corrected chi connectivity index (χ1v) is 3.81. The van der Waals surface area contributed by atoms with E-state index in [9.17, 15) is 0 Å². The molecule has 0 saturated carbocycles. The first kappa shape index (κ1) is 10.7. The Labute approximate surface area is 69.2 Å². The molecule has 1 unspecified atom stereocenters. The van der Waals surface area contributed by atoms with Crippen LogP contribution in [0.15, 0.2) is 12.2 Å². The van der Waals surface area contributed by atoms with Gasteiger partial charge in [0.05, 0.1) is 0 Å². The van der Waals surface area contributed by atoms with Crippen molar-refractivity contribution < 1.29 is 9.47 Å². The van der Waals surface area contributed by atoms with Gasteiger partial charge in [0.2, 0.25) is 0 Å². The number of hydrogen-bond acceptors (Lipinski definition) is 2. The van der Waals surface area contributed by atoms with Crippen LogP contribution in [0.25, 0.3) is 0 Å². The van der Waals surface area contributed by atoms with Gasteiger partial charge in [-0.25, -0.2) is 0 Å². The fourth-order valence-electron chi connectivity index (χ4n) is 1.21. The van der Waals surface area contributed by atoms with E-state index in [0.717, 1.165) is 12.0 Å². The Morgan fingerprint density at radius 1 is 1.36 bits per heavy atom. The van der Waals surface area contributed by atoms with E-state index in [4.69, 9.17) is 9.47 Å². The normalized spacial score (nSPS) is 13.5. The van der Waals surface area contributed by atoms with E-state index in [0.29, 0.717) is 5.92 Å². The maximum Gasteiger partial charge on any atom is 0.159 e. The molecular formula is C9H18O2. The zero-order valence-corrected chi connectivity index (χ0v) is 7.89. The molecule has 0 radical (unpaired) electrons. The van der Waals surface area contributed by atoms with Gasteiger partial charge in [0, 0.05) is 20.1 Å². The molecule has 2 nitrogen and oxygen atoms in total. The third kappa shape index (κ3) is 4.17. The lowest BCUT2D eigenvalue weighted by atomic mass is 10.0. The van der Waals surface area contributed by atoms with Gasteiger partial charge in [-0.15, -0.1) is 6.58 Å². The molecule has 0 amide bonds. The predicted octanol–water partition coefficient (Wildman–Crippen LogP) is 2.21. The van der Waals surface area contributed by atoms with Gasteiger partial charge in [-0.1, -0.05) is 12.5 Å². The summed E-state index contributed by atoms with van der Waals surface area (Å²) in [6.07, 6.45) is 0.846. The van der Waals surface area contributed by atoms with E-state index in [1.165, 1.54) is 0 Å². The number of ether oxygens (including phenoxy) is 2. The molecule has 0 N–H and O–H groups in total. The molecule has 0 spiro atoms. The minimum atomic E-state index is -0.105. The Kier molecular flexibility index (Phi) is 5.16. The third-order valence-electron chi connectivity index (χ3n) is 1.60. The summed E-state index contributed by atoms with van der Waals surface area (Å²) in [5.41, 5.74) is 1.16. The van der Waals surface area contributed by atoms with Crippen LogP contribution in [0.5, 0.6) is 0 Å². The van der Waals surface area contributed by atoms with Gasteiger partial charge in [0.15, 0.2) is 6.29 Å². The van der Waals surface area contributed by atoms with Crippen molar-refractivity contribution in [1.29, 1.82) is 0 Å². The maximum absolute atomic E-state index is 5.10. The monoisotopic (exact) mass is 158 g/mol. The molecule has 0 bridgehead atoms. The van der Waals surface area contributed by atoms with Crippen LogP contribution >= 0.6 is 0 Å². The van der Waals surface area contributed by atoms with Crippen LogP contribution < -0.4 is 0 Å². The van der Waals surface area contributed by atoms with Crippen LogP contribution in [0, 0.1) is 5.92 Å². The van der Waals surface area contributed by atoms with Crippen molar-refractivity contribution in [3.63, 3.8) is 0 Å². The van der Waals surface area contributed by atoms with E-state index >= 15 is 0 Å². The highest BCUT2D eigenvalue weighted by molar-refractivity contribution is 4.90. The highest BCUT2D eigenvalue weighted by atomic mass is 16.7. The summed E-state index contributed by atoms with van der Waals surface area (Å²) in [5, 5.41) is 0. The smallest absolute Gasteiger partial charge is 0.159 e. The molecule has 0 aromatic carbocycles. The zero-order chi connectivity index (χ0) is 8.85. The van der Waals surface area contributed by atoms with Crippen LogP contribution in [-0.2, 0) is 9.47 Å². The summed E-state index contributed by atoms with van der Waals surface area (Å²) in [6.45, 7) is 7.94. The molecule has 0 aromatic heterocycles. The Balaban J connectivity index is 3.78. The summed E-state index contributed by atoms with van der Waals surface area (Å²) >= 11 is 0. The van der Waals surface area contributed by atoms with Crippen molar-refractivity contribution in [2.75, 3.05) is 14.2 Å². The lowest BCUT2D eigenvalue weighted by molar-refractivity contribution is -0.132. The molecule has 0 rings (SSSR count). The number of rotatable bonds is 5. The van der Waals surface area contributed by atoms with E-state index in [1.807, 2.05) is 6.92 Å². The van der Waals surface area contributed by atoms with Gasteiger partial charge >= 0.3 is 0 Å². The molecule has 2 heteroatoms. The Hall–Kier alpha value is -0.340. The molecule has 11 heavy (non-hydrogen) atoms. The largest absolute Gasteiger partial charge is 0.356 e. The van der Waals surface area contributed by atoms with Gasteiger partial charge in [-0.2, -0.15) is 0 Å². The topological polar surface area (TPSA) is 18.5 Å². The second-order valence-electron chi connectivity index (χ2n) is 2.98. The van der Waals surface area contributed by atoms with Crippen molar-refractivity contribution in [3.05, 3.63) is 12.2 Å². The van der Waals surface area contributed by atoms with Gasteiger partial charge in [0.25, 0.3) is 0 Å². The highest BCUT2D eigenvalue weighted by Gasteiger charge is 2.14. The van der Waals surface area contributed by atoms with Crippen molar-refractivity contribution >= 4 is 0 Å². The standard InChI is InChI=1S/C9H18O2/c1-7(2)6-8(3)9(10-4)11-5/h8-9H,1,6H2,2-5H3. The second kappa shape index (κ2) is 5.33. The molecule has 0 fully saturated rings. The first-order valence-electron chi connectivity index (χ1n) is 3.81. The first-order chi connectivity index (χ1) is 5.11. The fraction of sp³-hybridized carbons (Fsp3) is 0.778. The fourth-order valence-corrected chi connectivity index (χ4v) is 1.21. The predicted molar refractivity (Wildman–Crippen MR) is 46.4 cm³/mol. The molecule has 66 valence electrons. The molecular weight excluding hydrogens is 140 g/mol. The molecule has 0 saturated heterocycles. The van der Waals surface area contributed by atoms with Crippen molar-refractivity contribution in [3.8, 4) is 0 Å². The van der Waals surface area contributed by atoms with Gasteiger partial charge < -0.3 is 9.47 Å². The van der Waals surface area contributed by atoms with Crippen molar-refractivity contribution in [1.82, 2.24) is 0 Å². The van der Waals surface area contributed by atoms with Crippen LogP contribution in [-0.4, -0.2) is 20.5 Å². The SMILES string of the molecule is C=C(C)CC(C)C(OC)OC. The van der Waals surface area contributed by atoms with Crippen LogP contribution in [0.3, 0.4) is 0 Å². The molecule has 0 aromatic rings. The molecule has 1 atom stereocenters. The molecule has 0 aliphatic carbocycles. The van der Waals surface area contributed by atoms with E-state index < -0.39 is 0 Å². The maximum atomic E-state index is 5.10. The summed E-state index contributed by atoms with van der Waals surface area (Å²) < 4.78 is 10.2. The lowest BCUT2D eigenvalue weighted by Crippen LogP contribution is -2.22. The van der Waals surface area contributed by atoms with E-state index in [1.54, 1.807) is 14.2 Å². The van der Waals surface area contributed by atoms with Crippen LogP contribution in [0.4, 0.5) is 0 Å². The summed E-state index contributed by atoms with van der Waals surface area (Å²) in [6, 6.07) is 0. The number of allylic oxidation sites excluding steroid dienone is 1. The zero-order valence-electron chi connectivity index (χ0n) is 7.89. The van der Waals surface area contributed by atoms with Crippen molar-refractivity contribution in [2.45, 2.75) is 26.6 Å². The average molecular weight is 158 g/mol. The summed E-state index contributed by atoms with van der Waals surface area (Å²) in [5.74, 6) is 0.377. The van der Waals surface area contributed by atoms with Crippen LogP contribution in [0.2, 0.25) is 0 Å². The number of hydrogen-bond donors (Lipinski definition) is 0. The van der Waals surface area contributed by atoms with Crippen molar-refractivity contribution in [2.24, 2.45) is 5.92 Å². The highest BCUT2D eigenvalue weighted by Crippen LogP contribution is 2.15. The van der Waals surface area contributed by atoms with Crippen LogP contribution in [0.1, 0.15) is 20.3 Å². The molecule has 0 aliphatic heterocycles. The molecule has 0 heterocycles. The van der Waals surface area contributed by atoms with Gasteiger partial charge in [-0.3, -0.25) is 0 Å². The Bertz CT molecular complexity index is 117. The van der Waals surface area contributed by atoms with E-state index in [2.05, 4.69) is 13.5 Å². The lowest BCUT2D eigenvalue weighted by Gasteiger charge is -2.20. The summed E-state index contributed by atoms with van der Waals surface area (Å²) in [4.78, 5) is 0. The van der Waals surface area contributed by atoms with Gasteiger partial charge in [0.1, 0.15) is 0 Å². The van der Waals surface area contributed by atoms with E-state index in [-0.39, 0.29) is 6.29 Å². The van der Waals surface area contributed by atoms with Gasteiger partial charge in [-0.05, 0) is 13.3 Å².